The summed E-state index contributed by atoms with van der Waals surface area (Å²) in [5.41, 5.74) is 10.8. The summed E-state index contributed by atoms with van der Waals surface area (Å²) < 4.78 is 2.02. The van der Waals surface area contributed by atoms with Crippen molar-refractivity contribution in [3.63, 3.8) is 0 Å². The van der Waals surface area contributed by atoms with Gasteiger partial charge in [-0.15, -0.1) is 0 Å². The predicted molar refractivity (Wildman–Crippen MR) is 100 cm³/mol. The molecule has 6 heteroatoms. The van der Waals surface area contributed by atoms with E-state index in [0.29, 0.717) is 12.6 Å². The van der Waals surface area contributed by atoms with E-state index in [0.717, 1.165) is 35.8 Å². The van der Waals surface area contributed by atoms with Crippen molar-refractivity contribution < 1.29 is 4.79 Å². The average molecular weight is 353 g/mol. The van der Waals surface area contributed by atoms with Gasteiger partial charge < -0.3 is 5.32 Å². The lowest BCUT2D eigenvalue weighted by Crippen LogP contribution is -2.43. The summed E-state index contributed by atoms with van der Waals surface area (Å²) in [6.07, 6.45) is 3.45. The summed E-state index contributed by atoms with van der Waals surface area (Å²) in [4.78, 5) is 12.5. The molecule has 26 heavy (non-hydrogen) atoms. The Hall–Kier alpha value is -2.18. The van der Waals surface area contributed by atoms with Gasteiger partial charge in [0, 0.05) is 23.8 Å². The molecule has 138 valence electrons. The number of hydrogen-bond acceptors (Lipinski definition) is 4. The van der Waals surface area contributed by atoms with Gasteiger partial charge in [0.15, 0.2) is 0 Å². The molecule has 0 radical (unpaired) electrons. The van der Waals surface area contributed by atoms with Crippen LogP contribution in [-0.2, 0) is 17.9 Å². The second kappa shape index (κ2) is 7.21. The molecule has 0 spiro atoms. The maximum absolute atomic E-state index is 12.5. The number of nitrogens with zero attached hydrogens (tertiary/aromatic N) is 2. The Labute approximate surface area is 154 Å². The highest BCUT2D eigenvalue weighted by Crippen LogP contribution is 2.35. The second-order valence-electron chi connectivity index (χ2n) is 7.53. The fourth-order valence-electron chi connectivity index (χ4n) is 3.76. The first-order chi connectivity index (χ1) is 12.6. The standard InChI is InChI=1S/C20H27N5O/c1-13-17(14(2)25(24-13)12-15-6-4-3-5-7-15)11-21-20(26)19-10-18(22-23-19)16-8-9-16/h3-7,16,18-19,22-23H,8-12H2,1-2H3,(H,21,26). The number of nitrogens with one attached hydrogen (secondary N) is 3. The molecule has 2 unspecified atom stereocenters. The molecule has 3 N–H and O–H groups in total. The molecule has 2 fully saturated rings. The quantitative estimate of drug-likeness (QED) is 0.741. The number of carbonyl (C=O) groups excluding carboxylic acids is 1. The lowest BCUT2D eigenvalue weighted by molar-refractivity contribution is -0.123. The Morgan fingerprint density at radius 3 is 2.73 bits per heavy atom. The summed E-state index contributed by atoms with van der Waals surface area (Å²) in [6.45, 7) is 5.35. The summed E-state index contributed by atoms with van der Waals surface area (Å²) in [5, 5.41) is 7.75. The molecule has 2 aliphatic rings. The number of rotatable bonds is 6. The van der Waals surface area contributed by atoms with Gasteiger partial charge in [0.25, 0.3) is 0 Å². The highest BCUT2D eigenvalue weighted by Gasteiger charge is 2.38. The van der Waals surface area contributed by atoms with Gasteiger partial charge in [-0.1, -0.05) is 30.3 Å². The van der Waals surface area contributed by atoms with Gasteiger partial charge in [-0.3, -0.25) is 14.9 Å². The van der Waals surface area contributed by atoms with Gasteiger partial charge >= 0.3 is 0 Å². The van der Waals surface area contributed by atoms with Crippen LogP contribution in [0, 0.1) is 19.8 Å². The Balaban J connectivity index is 1.36. The molecule has 4 rings (SSSR count). The van der Waals surface area contributed by atoms with E-state index in [9.17, 15) is 4.79 Å². The smallest absolute Gasteiger partial charge is 0.238 e. The van der Waals surface area contributed by atoms with E-state index >= 15 is 0 Å². The number of carbonyl (C=O) groups is 1. The Morgan fingerprint density at radius 1 is 1.23 bits per heavy atom. The molecule has 2 aromatic rings. The fourth-order valence-corrected chi connectivity index (χ4v) is 3.76. The maximum Gasteiger partial charge on any atom is 0.238 e. The molecule has 1 saturated carbocycles. The van der Waals surface area contributed by atoms with Gasteiger partial charge in [-0.2, -0.15) is 5.10 Å². The average Bonchev–Trinajstić information content (AvgIpc) is 3.31. The summed E-state index contributed by atoms with van der Waals surface area (Å²) in [7, 11) is 0. The first-order valence-corrected chi connectivity index (χ1v) is 9.47. The van der Waals surface area contributed by atoms with Gasteiger partial charge in [0.05, 0.1) is 12.2 Å². The largest absolute Gasteiger partial charge is 0.350 e. The topological polar surface area (TPSA) is 71.0 Å². The maximum atomic E-state index is 12.5. The van der Waals surface area contributed by atoms with E-state index in [-0.39, 0.29) is 11.9 Å². The van der Waals surface area contributed by atoms with Crippen LogP contribution in [0.1, 0.15) is 41.8 Å². The van der Waals surface area contributed by atoms with Crippen LogP contribution in [0.4, 0.5) is 0 Å². The van der Waals surface area contributed by atoms with Gasteiger partial charge in [0.1, 0.15) is 6.04 Å². The van der Waals surface area contributed by atoms with E-state index < -0.39 is 0 Å². The predicted octanol–water partition coefficient (Wildman–Crippen LogP) is 1.81. The minimum absolute atomic E-state index is 0.0651. The lowest BCUT2D eigenvalue weighted by Gasteiger charge is -2.11. The SMILES string of the molecule is Cc1nn(Cc2ccccc2)c(C)c1CNC(=O)C1CC(C2CC2)NN1. The zero-order valence-corrected chi connectivity index (χ0v) is 15.5. The first-order valence-electron chi connectivity index (χ1n) is 9.47. The van der Waals surface area contributed by atoms with Crippen LogP contribution in [0.5, 0.6) is 0 Å². The third kappa shape index (κ3) is 3.66. The molecule has 0 bridgehead atoms. The third-order valence-electron chi connectivity index (χ3n) is 5.59. The number of hydrogen-bond donors (Lipinski definition) is 3. The molecule has 1 saturated heterocycles. The van der Waals surface area contributed by atoms with Gasteiger partial charge in [-0.25, -0.2) is 5.43 Å². The fraction of sp³-hybridized carbons (Fsp3) is 0.500. The minimum Gasteiger partial charge on any atom is -0.350 e. The zero-order valence-electron chi connectivity index (χ0n) is 15.5. The molecular formula is C20H27N5O. The summed E-state index contributed by atoms with van der Waals surface area (Å²) in [6, 6.07) is 10.6. The van der Waals surface area contributed by atoms with Crippen LogP contribution in [-0.4, -0.2) is 27.8 Å². The third-order valence-corrected chi connectivity index (χ3v) is 5.59. The van der Waals surface area contributed by atoms with E-state index in [1.165, 1.54) is 18.4 Å². The van der Waals surface area contributed by atoms with E-state index in [1.807, 2.05) is 29.8 Å². The van der Waals surface area contributed by atoms with Crippen molar-refractivity contribution in [2.75, 3.05) is 0 Å². The first kappa shape index (κ1) is 17.2. The molecule has 1 amide bonds. The Bertz CT molecular complexity index is 781. The normalized spacial score (nSPS) is 22.5. The van der Waals surface area contributed by atoms with Crippen molar-refractivity contribution in [1.29, 1.82) is 0 Å². The molecular weight excluding hydrogens is 326 g/mol. The minimum atomic E-state index is -0.138. The van der Waals surface area contributed by atoms with Crippen LogP contribution in [0.25, 0.3) is 0 Å². The van der Waals surface area contributed by atoms with E-state index in [1.54, 1.807) is 0 Å². The van der Waals surface area contributed by atoms with Crippen molar-refractivity contribution in [3.8, 4) is 0 Å². The van der Waals surface area contributed by atoms with Gasteiger partial charge in [0.2, 0.25) is 5.91 Å². The monoisotopic (exact) mass is 353 g/mol. The van der Waals surface area contributed by atoms with Crippen LogP contribution in [0.2, 0.25) is 0 Å². The lowest BCUT2D eigenvalue weighted by atomic mass is 10.1. The molecule has 2 heterocycles. The highest BCUT2D eigenvalue weighted by atomic mass is 16.2. The highest BCUT2D eigenvalue weighted by molar-refractivity contribution is 5.82. The molecule has 1 aliphatic carbocycles. The van der Waals surface area contributed by atoms with Crippen molar-refractivity contribution in [2.45, 2.75) is 58.3 Å². The Kier molecular flexibility index (Phi) is 4.78. The molecule has 1 aromatic heterocycles. The molecule has 1 aliphatic heterocycles. The molecule has 1 aromatic carbocycles. The number of aromatic nitrogens is 2. The number of hydrazine groups is 1. The van der Waals surface area contributed by atoms with Crippen LogP contribution >= 0.6 is 0 Å². The number of amides is 1. The summed E-state index contributed by atoms with van der Waals surface area (Å²) >= 11 is 0. The number of aryl methyl sites for hydroxylation is 1. The van der Waals surface area contributed by atoms with Crippen LogP contribution in [0.15, 0.2) is 30.3 Å². The zero-order chi connectivity index (χ0) is 18.1. The Morgan fingerprint density at radius 2 is 2.00 bits per heavy atom. The van der Waals surface area contributed by atoms with Crippen molar-refractivity contribution >= 4 is 5.91 Å². The van der Waals surface area contributed by atoms with Crippen molar-refractivity contribution in [3.05, 3.63) is 52.8 Å². The van der Waals surface area contributed by atoms with E-state index in [4.69, 9.17) is 0 Å². The second-order valence-corrected chi connectivity index (χ2v) is 7.53. The van der Waals surface area contributed by atoms with Crippen LogP contribution < -0.4 is 16.2 Å². The number of benzene rings is 1. The van der Waals surface area contributed by atoms with Crippen molar-refractivity contribution in [2.24, 2.45) is 5.92 Å². The van der Waals surface area contributed by atoms with Crippen molar-refractivity contribution in [1.82, 2.24) is 25.9 Å². The molecule has 6 nitrogen and oxygen atoms in total. The van der Waals surface area contributed by atoms with Crippen LogP contribution in [0.3, 0.4) is 0 Å². The molecule has 2 atom stereocenters. The van der Waals surface area contributed by atoms with E-state index in [2.05, 4.69) is 40.3 Å². The summed E-state index contributed by atoms with van der Waals surface area (Å²) in [5.74, 6) is 0.816. The van der Waals surface area contributed by atoms with Gasteiger partial charge in [-0.05, 0) is 44.6 Å².